The number of carbonyl (C=O) groups excluding carboxylic acids is 2. The van der Waals surface area contributed by atoms with Crippen LogP contribution in [0.1, 0.15) is 40.9 Å². The van der Waals surface area contributed by atoms with Crippen molar-refractivity contribution in [2.24, 2.45) is 0 Å². The molecule has 0 saturated carbocycles. The quantitative estimate of drug-likeness (QED) is 0.554. The Morgan fingerprint density at radius 2 is 1.80 bits per heavy atom. The van der Waals surface area contributed by atoms with Gasteiger partial charge in [0.25, 0.3) is 5.91 Å². The molecule has 0 aliphatic rings. The van der Waals surface area contributed by atoms with E-state index in [2.05, 4.69) is 5.32 Å². The second-order valence-corrected chi connectivity index (χ2v) is 7.44. The van der Waals surface area contributed by atoms with Crippen molar-refractivity contribution in [1.82, 2.24) is 9.88 Å². The van der Waals surface area contributed by atoms with Gasteiger partial charge in [-0.2, -0.15) is 0 Å². The van der Waals surface area contributed by atoms with Crippen LogP contribution in [0, 0.1) is 6.92 Å². The summed E-state index contributed by atoms with van der Waals surface area (Å²) in [7, 11) is 0. The van der Waals surface area contributed by atoms with Gasteiger partial charge in [0.05, 0.1) is 17.9 Å². The minimum atomic E-state index is -1.01. The lowest BCUT2D eigenvalue weighted by Crippen LogP contribution is -2.30. The molecule has 0 aliphatic heterocycles. The summed E-state index contributed by atoms with van der Waals surface area (Å²) >= 11 is 5.92. The molecule has 3 rings (SSSR count). The molecule has 30 heavy (non-hydrogen) atoms. The van der Waals surface area contributed by atoms with Crippen molar-refractivity contribution in [3.63, 3.8) is 0 Å². The van der Waals surface area contributed by atoms with E-state index in [0.29, 0.717) is 32.7 Å². The average molecular weight is 429 g/mol. The van der Waals surface area contributed by atoms with E-state index in [9.17, 15) is 19.5 Å². The summed E-state index contributed by atoms with van der Waals surface area (Å²) in [5.41, 5.74) is 2.15. The highest BCUT2D eigenvalue weighted by molar-refractivity contribution is 6.30. The molecule has 0 saturated heterocycles. The van der Waals surface area contributed by atoms with E-state index in [0.717, 1.165) is 0 Å². The predicted molar refractivity (Wildman–Crippen MR) is 113 cm³/mol. The SMILES string of the molecule is Cc1c([C@H](C)C(=O)NCCC(=O)O)c2cc(O)ccc2n1C(=O)c1ccc(Cl)cc1. The van der Waals surface area contributed by atoms with Gasteiger partial charge in [-0.05, 0) is 61.9 Å². The molecule has 0 unspecified atom stereocenters. The Labute approximate surface area is 177 Å². The van der Waals surface area contributed by atoms with E-state index in [4.69, 9.17) is 16.7 Å². The molecule has 156 valence electrons. The Morgan fingerprint density at radius 1 is 1.13 bits per heavy atom. The Bertz CT molecular complexity index is 1130. The summed E-state index contributed by atoms with van der Waals surface area (Å²) in [5, 5.41) is 22.4. The fourth-order valence-electron chi connectivity index (χ4n) is 3.54. The van der Waals surface area contributed by atoms with Gasteiger partial charge in [0.1, 0.15) is 5.75 Å². The van der Waals surface area contributed by atoms with Crippen molar-refractivity contribution in [2.45, 2.75) is 26.2 Å². The highest BCUT2D eigenvalue weighted by Crippen LogP contribution is 2.34. The van der Waals surface area contributed by atoms with Crippen LogP contribution in [0.5, 0.6) is 5.75 Å². The molecule has 1 amide bonds. The van der Waals surface area contributed by atoms with E-state index in [1.165, 1.54) is 16.7 Å². The van der Waals surface area contributed by atoms with E-state index in [-0.39, 0.29) is 30.5 Å². The maximum atomic E-state index is 13.2. The number of aromatic nitrogens is 1. The Kier molecular flexibility index (Phi) is 6.12. The fraction of sp³-hybridized carbons (Fsp3) is 0.227. The zero-order chi connectivity index (χ0) is 22.0. The molecule has 1 atom stereocenters. The third-order valence-corrected chi connectivity index (χ3v) is 5.25. The first kappa shape index (κ1) is 21.4. The molecule has 0 aliphatic carbocycles. The second kappa shape index (κ2) is 8.59. The third kappa shape index (κ3) is 4.16. The molecule has 1 heterocycles. The summed E-state index contributed by atoms with van der Waals surface area (Å²) in [6.45, 7) is 3.42. The summed E-state index contributed by atoms with van der Waals surface area (Å²) in [6.07, 6.45) is -0.185. The minimum Gasteiger partial charge on any atom is -0.508 e. The number of phenols is 1. The van der Waals surface area contributed by atoms with E-state index in [1.54, 1.807) is 44.2 Å². The van der Waals surface area contributed by atoms with Gasteiger partial charge in [0.2, 0.25) is 5.91 Å². The maximum absolute atomic E-state index is 13.2. The van der Waals surface area contributed by atoms with Crippen LogP contribution in [-0.4, -0.2) is 39.1 Å². The number of fused-ring (bicyclic) bond motifs is 1. The lowest BCUT2D eigenvalue weighted by Gasteiger charge is -2.13. The highest BCUT2D eigenvalue weighted by Gasteiger charge is 2.26. The molecule has 1 aromatic heterocycles. The molecule has 8 heteroatoms. The van der Waals surface area contributed by atoms with Crippen molar-refractivity contribution in [3.8, 4) is 5.75 Å². The lowest BCUT2D eigenvalue weighted by molar-refractivity contribution is -0.136. The van der Waals surface area contributed by atoms with Crippen LogP contribution < -0.4 is 5.32 Å². The number of hydrogen-bond acceptors (Lipinski definition) is 4. The topological polar surface area (TPSA) is 109 Å². The monoisotopic (exact) mass is 428 g/mol. The van der Waals surface area contributed by atoms with Gasteiger partial charge in [-0.15, -0.1) is 0 Å². The molecular formula is C22H21ClN2O5. The Hall–Kier alpha value is -3.32. The standard InChI is InChI=1S/C22H21ClN2O5/c1-12(21(29)24-10-9-19(27)28)20-13(2)25(18-8-7-16(26)11-17(18)20)22(30)14-3-5-15(23)6-4-14/h3-8,11-12,26H,9-10H2,1-2H3,(H,24,29)(H,27,28)/t12-/m0/s1. The smallest absolute Gasteiger partial charge is 0.305 e. The van der Waals surface area contributed by atoms with Crippen LogP contribution in [0.2, 0.25) is 5.02 Å². The predicted octanol–water partition coefficient (Wildman–Crippen LogP) is 3.69. The number of rotatable bonds is 6. The highest BCUT2D eigenvalue weighted by atomic mass is 35.5. The molecule has 7 nitrogen and oxygen atoms in total. The van der Waals surface area contributed by atoms with Gasteiger partial charge in [0.15, 0.2) is 0 Å². The number of carboxylic acids is 1. The van der Waals surface area contributed by atoms with Crippen LogP contribution in [0.15, 0.2) is 42.5 Å². The number of carboxylic acid groups (broad SMARTS) is 1. The van der Waals surface area contributed by atoms with Gasteiger partial charge in [-0.3, -0.25) is 19.0 Å². The number of halogens is 1. The summed E-state index contributed by atoms with van der Waals surface area (Å²) in [5.74, 6) is -2.31. The number of carbonyl (C=O) groups is 3. The summed E-state index contributed by atoms with van der Waals surface area (Å²) < 4.78 is 1.51. The molecule has 3 aromatic rings. The van der Waals surface area contributed by atoms with Crippen molar-refractivity contribution in [1.29, 1.82) is 0 Å². The van der Waals surface area contributed by atoms with Crippen molar-refractivity contribution in [2.75, 3.05) is 6.54 Å². The van der Waals surface area contributed by atoms with Crippen molar-refractivity contribution >= 4 is 40.3 Å². The molecule has 3 N–H and O–H groups in total. The van der Waals surface area contributed by atoms with Crippen molar-refractivity contribution in [3.05, 3.63) is 64.3 Å². The second-order valence-electron chi connectivity index (χ2n) is 7.00. The van der Waals surface area contributed by atoms with Crippen molar-refractivity contribution < 1.29 is 24.6 Å². The number of aliphatic carboxylic acids is 1. The third-order valence-electron chi connectivity index (χ3n) is 5.00. The first-order valence-electron chi connectivity index (χ1n) is 9.34. The Morgan fingerprint density at radius 3 is 2.43 bits per heavy atom. The van der Waals surface area contributed by atoms with Gasteiger partial charge >= 0.3 is 5.97 Å². The summed E-state index contributed by atoms with van der Waals surface area (Å²) in [4.78, 5) is 36.5. The zero-order valence-corrected chi connectivity index (χ0v) is 17.2. The largest absolute Gasteiger partial charge is 0.508 e. The number of hydrogen-bond donors (Lipinski definition) is 3. The van der Waals surface area contributed by atoms with Gasteiger partial charge in [-0.1, -0.05) is 11.6 Å². The van der Waals surface area contributed by atoms with E-state index >= 15 is 0 Å². The van der Waals surface area contributed by atoms with Crippen LogP contribution in [0.4, 0.5) is 0 Å². The van der Waals surface area contributed by atoms with E-state index < -0.39 is 11.9 Å². The van der Waals surface area contributed by atoms with Crippen LogP contribution in [0.25, 0.3) is 10.9 Å². The fourth-order valence-corrected chi connectivity index (χ4v) is 3.66. The number of phenolic OH excluding ortho intramolecular Hbond substituents is 1. The van der Waals surface area contributed by atoms with Gasteiger partial charge in [0, 0.05) is 28.2 Å². The molecule has 0 spiro atoms. The molecule has 0 bridgehead atoms. The first-order chi connectivity index (χ1) is 14.2. The average Bonchev–Trinajstić information content (AvgIpc) is 2.98. The van der Waals surface area contributed by atoms with Gasteiger partial charge in [-0.25, -0.2) is 0 Å². The number of nitrogens with zero attached hydrogens (tertiary/aromatic N) is 1. The van der Waals surface area contributed by atoms with Crippen LogP contribution >= 0.6 is 11.6 Å². The molecular weight excluding hydrogens is 408 g/mol. The minimum absolute atomic E-state index is 0.00511. The molecule has 0 fully saturated rings. The van der Waals surface area contributed by atoms with Gasteiger partial charge < -0.3 is 15.5 Å². The maximum Gasteiger partial charge on any atom is 0.305 e. The zero-order valence-electron chi connectivity index (χ0n) is 16.5. The number of amides is 1. The normalized spacial score (nSPS) is 12.0. The number of benzene rings is 2. The lowest BCUT2D eigenvalue weighted by atomic mass is 9.97. The first-order valence-corrected chi connectivity index (χ1v) is 9.72. The van der Waals surface area contributed by atoms with Crippen LogP contribution in [-0.2, 0) is 9.59 Å². The molecule has 2 aromatic carbocycles. The van der Waals surface area contributed by atoms with E-state index in [1.807, 2.05) is 0 Å². The molecule has 0 radical (unpaired) electrons. The summed E-state index contributed by atoms with van der Waals surface area (Å²) in [6, 6.07) is 11.1. The number of aromatic hydroxyl groups is 1. The Balaban J connectivity index is 2.07. The number of nitrogens with one attached hydrogen (secondary N) is 1. The van der Waals surface area contributed by atoms with Crippen LogP contribution in [0.3, 0.4) is 0 Å².